The minimum Gasteiger partial charge on any atom is -0.454 e. The van der Waals surface area contributed by atoms with E-state index in [1.54, 1.807) is 23.1 Å². The highest BCUT2D eigenvalue weighted by atomic mass is 16.7. The first-order valence-electron chi connectivity index (χ1n) is 10.0. The van der Waals surface area contributed by atoms with E-state index in [-0.39, 0.29) is 24.5 Å². The summed E-state index contributed by atoms with van der Waals surface area (Å²) in [7, 11) is 0. The Bertz CT molecular complexity index is 761. The normalized spacial score (nSPS) is 16.9. The molecule has 2 aliphatic rings. The van der Waals surface area contributed by atoms with Crippen molar-refractivity contribution in [3.63, 3.8) is 0 Å². The lowest BCUT2D eigenvalue weighted by Crippen LogP contribution is -2.52. The highest BCUT2D eigenvalue weighted by molar-refractivity contribution is 5.93. The third kappa shape index (κ3) is 5.30. The monoisotopic (exact) mass is 404 g/mol. The number of nitrogens with one attached hydrogen (secondary N) is 2. The van der Waals surface area contributed by atoms with Crippen molar-refractivity contribution in [3.8, 4) is 11.5 Å². The summed E-state index contributed by atoms with van der Waals surface area (Å²) in [4.78, 5) is 38.3. The Labute approximate surface area is 169 Å². The Morgan fingerprint density at radius 1 is 1.21 bits per heavy atom. The van der Waals surface area contributed by atoms with Crippen LogP contribution in [0.5, 0.6) is 11.5 Å². The number of ether oxygens (including phenoxy) is 2. The van der Waals surface area contributed by atoms with Gasteiger partial charge in [-0.2, -0.15) is 0 Å². The molecular formula is C20H28N4O5. The van der Waals surface area contributed by atoms with Crippen LogP contribution in [0.25, 0.3) is 0 Å². The maximum absolute atomic E-state index is 12.7. The molecule has 0 bridgehead atoms. The molecule has 29 heavy (non-hydrogen) atoms. The number of primary amides is 1. The lowest BCUT2D eigenvalue weighted by molar-refractivity contribution is -0.136. The first kappa shape index (κ1) is 20.8. The van der Waals surface area contributed by atoms with Gasteiger partial charge in [0.2, 0.25) is 18.6 Å². The van der Waals surface area contributed by atoms with Gasteiger partial charge in [0, 0.05) is 30.8 Å². The van der Waals surface area contributed by atoms with E-state index in [1.165, 1.54) is 0 Å². The van der Waals surface area contributed by atoms with Gasteiger partial charge >= 0.3 is 6.03 Å². The van der Waals surface area contributed by atoms with Gasteiger partial charge in [-0.25, -0.2) is 4.79 Å². The summed E-state index contributed by atoms with van der Waals surface area (Å²) < 4.78 is 10.6. The quantitative estimate of drug-likeness (QED) is 0.640. The molecule has 4 amide bonds. The van der Waals surface area contributed by atoms with Crippen molar-refractivity contribution in [1.82, 2.24) is 10.2 Å². The Morgan fingerprint density at radius 2 is 1.93 bits per heavy atom. The van der Waals surface area contributed by atoms with Crippen molar-refractivity contribution in [2.24, 2.45) is 11.7 Å². The maximum Gasteiger partial charge on any atom is 0.312 e. The Morgan fingerprint density at radius 3 is 2.62 bits per heavy atom. The second kappa shape index (κ2) is 9.49. The number of fused-ring (bicyclic) bond motifs is 1. The van der Waals surface area contributed by atoms with Gasteiger partial charge in [-0.05, 0) is 31.4 Å². The highest BCUT2D eigenvalue weighted by Crippen LogP contribution is 2.34. The summed E-state index contributed by atoms with van der Waals surface area (Å²) >= 11 is 0. The van der Waals surface area contributed by atoms with E-state index in [4.69, 9.17) is 15.2 Å². The zero-order valence-electron chi connectivity index (χ0n) is 16.6. The number of amides is 4. The summed E-state index contributed by atoms with van der Waals surface area (Å²) in [5, 5.41) is 5.46. The van der Waals surface area contributed by atoms with Gasteiger partial charge in [-0.1, -0.05) is 19.8 Å². The van der Waals surface area contributed by atoms with Crippen molar-refractivity contribution in [3.05, 3.63) is 18.2 Å². The summed E-state index contributed by atoms with van der Waals surface area (Å²) in [6.45, 7) is 3.15. The topological polar surface area (TPSA) is 123 Å². The molecule has 1 aromatic carbocycles. The Kier molecular flexibility index (Phi) is 6.79. The van der Waals surface area contributed by atoms with Crippen molar-refractivity contribution >= 4 is 23.5 Å². The predicted molar refractivity (Wildman–Crippen MR) is 107 cm³/mol. The molecule has 0 radical (unpaired) electrons. The number of anilines is 1. The van der Waals surface area contributed by atoms with Crippen molar-refractivity contribution in [2.75, 3.05) is 25.2 Å². The maximum atomic E-state index is 12.7. The summed E-state index contributed by atoms with van der Waals surface area (Å²) in [5.74, 6) is 0.892. The van der Waals surface area contributed by atoms with Crippen molar-refractivity contribution < 1.29 is 23.9 Å². The van der Waals surface area contributed by atoms with E-state index in [0.717, 1.165) is 12.8 Å². The molecule has 1 saturated heterocycles. The third-order valence-corrected chi connectivity index (χ3v) is 5.28. The highest BCUT2D eigenvalue weighted by Gasteiger charge is 2.31. The minimum atomic E-state index is -0.697. The second-order valence-corrected chi connectivity index (χ2v) is 7.36. The molecule has 1 aromatic rings. The second-order valence-electron chi connectivity index (χ2n) is 7.36. The van der Waals surface area contributed by atoms with Crippen molar-refractivity contribution in [2.45, 2.75) is 45.1 Å². The SMILES string of the molecule is CCCCC(NC(N)=O)C(=O)N1CCC(C(=O)Nc2ccc3c(c2)OCO3)CC1. The molecule has 4 N–H and O–H groups in total. The van der Waals surface area contributed by atoms with Crippen LogP contribution in [0, 0.1) is 5.92 Å². The number of benzene rings is 1. The molecule has 9 heteroatoms. The number of hydrogen-bond donors (Lipinski definition) is 3. The van der Waals surface area contributed by atoms with Gasteiger partial charge in [-0.15, -0.1) is 0 Å². The van der Waals surface area contributed by atoms with Gasteiger partial charge < -0.3 is 30.7 Å². The number of carbonyl (C=O) groups is 3. The Balaban J connectivity index is 1.51. The summed E-state index contributed by atoms with van der Waals surface area (Å²) in [6, 6.07) is 3.98. The third-order valence-electron chi connectivity index (χ3n) is 5.28. The largest absolute Gasteiger partial charge is 0.454 e. The molecule has 158 valence electrons. The smallest absolute Gasteiger partial charge is 0.312 e. The molecule has 1 unspecified atom stereocenters. The standard InChI is InChI=1S/C20H28N4O5/c1-2-3-4-15(23-20(21)27)19(26)24-9-7-13(8-10-24)18(25)22-14-5-6-16-17(11-14)29-12-28-16/h5-6,11,13,15H,2-4,7-10,12H2,1H3,(H,22,25)(H3,21,23,27). The fraction of sp³-hybridized carbons (Fsp3) is 0.550. The molecular weight excluding hydrogens is 376 g/mol. The minimum absolute atomic E-state index is 0.0752. The van der Waals surface area contributed by atoms with E-state index in [9.17, 15) is 14.4 Å². The number of hydrogen-bond acceptors (Lipinski definition) is 5. The molecule has 1 fully saturated rings. The van der Waals surface area contributed by atoms with Crippen LogP contribution < -0.4 is 25.8 Å². The first-order valence-corrected chi connectivity index (χ1v) is 10.0. The number of piperidine rings is 1. The lowest BCUT2D eigenvalue weighted by atomic mass is 9.95. The zero-order chi connectivity index (χ0) is 20.8. The van der Waals surface area contributed by atoms with Crippen LogP contribution in [-0.4, -0.2) is 48.7 Å². The summed E-state index contributed by atoms with van der Waals surface area (Å²) in [5.41, 5.74) is 5.87. The van der Waals surface area contributed by atoms with Gasteiger partial charge in [0.05, 0.1) is 0 Å². The van der Waals surface area contributed by atoms with E-state index in [0.29, 0.717) is 49.5 Å². The molecule has 2 heterocycles. The fourth-order valence-electron chi connectivity index (χ4n) is 3.64. The van der Waals surface area contributed by atoms with E-state index >= 15 is 0 Å². The average Bonchev–Trinajstić information content (AvgIpc) is 3.18. The first-order chi connectivity index (χ1) is 14.0. The van der Waals surface area contributed by atoms with Gasteiger partial charge in [0.25, 0.3) is 0 Å². The van der Waals surface area contributed by atoms with Crippen LogP contribution in [0.2, 0.25) is 0 Å². The number of likely N-dealkylation sites (tertiary alicyclic amines) is 1. The molecule has 0 aliphatic carbocycles. The number of carbonyl (C=O) groups excluding carboxylic acids is 3. The fourth-order valence-corrected chi connectivity index (χ4v) is 3.64. The number of rotatable bonds is 7. The van der Waals surface area contributed by atoms with Crippen LogP contribution in [0.15, 0.2) is 18.2 Å². The van der Waals surface area contributed by atoms with Crippen LogP contribution in [0.3, 0.4) is 0 Å². The molecule has 0 spiro atoms. The molecule has 3 rings (SSSR count). The summed E-state index contributed by atoms with van der Waals surface area (Å²) in [6.07, 6.45) is 3.44. The number of nitrogens with zero attached hydrogens (tertiary/aromatic N) is 1. The van der Waals surface area contributed by atoms with E-state index in [1.807, 2.05) is 6.92 Å². The van der Waals surface area contributed by atoms with Crippen molar-refractivity contribution in [1.29, 1.82) is 0 Å². The van der Waals surface area contributed by atoms with Crippen LogP contribution >= 0.6 is 0 Å². The zero-order valence-corrected chi connectivity index (χ0v) is 16.6. The number of urea groups is 1. The average molecular weight is 404 g/mol. The Hall–Kier alpha value is -2.97. The number of unbranched alkanes of at least 4 members (excludes halogenated alkanes) is 1. The van der Waals surface area contributed by atoms with Crippen LogP contribution in [0.1, 0.15) is 39.0 Å². The van der Waals surface area contributed by atoms with E-state index in [2.05, 4.69) is 10.6 Å². The van der Waals surface area contributed by atoms with Crippen LogP contribution in [-0.2, 0) is 9.59 Å². The molecule has 0 saturated carbocycles. The van der Waals surface area contributed by atoms with Crippen LogP contribution in [0.4, 0.5) is 10.5 Å². The van der Waals surface area contributed by atoms with Gasteiger partial charge in [-0.3, -0.25) is 9.59 Å². The molecule has 0 aromatic heterocycles. The number of nitrogens with two attached hydrogens (primary N) is 1. The van der Waals surface area contributed by atoms with Gasteiger partial charge in [0.1, 0.15) is 6.04 Å². The molecule has 1 atom stereocenters. The molecule has 9 nitrogen and oxygen atoms in total. The predicted octanol–water partition coefficient (Wildman–Crippen LogP) is 1.82. The van der Waals surface area contributed by atoms with E-state index < -0.39 is 12.1 Å². The molecule has 2 aliphatic heterocycles. The van der Waals surface area contributed by atoms with Gasteiger partial charge in [0.15, 0.2) is 11.5 Å². The lowest BCUT2D eigenvalue weighted by Gasteiger charge is -2.33.